The number of hydrogen-bond donors (Lipinski definition) is 0. The summed E-state index contributed by atoms with van der Waals surface area (Å²) in [5.74, 6) is 0. The summed E-state index contributed by atoms with van der Waals surface area (Å²) in [4.78, 5) is 12.9. The molecule has 0 N–H and O–H groups in total. The molecule has 23 heavy (non-hydrogen) atoms. The second-order valence-electron chi connectivity index (χ2n) is 6.26. The van der Waals surface area contributed by atoms with Gasteiger partial charge in [-0.1, -0.05) is 44.9 Å². The second-order valence-corrected chi connectivity index (χ2v) is 6.26. The highest BCUT2D eigenvalue weighted by Gasteiger charge is 2.13. The zero-order valence-corrected chi connectivity index (χ0v) is 14.0. The average molecular weight is 308 g/mol. The summed E-state index contributed by atoms with van der Waals surface area (Å²) in [6.07, 6.45) is 6.54. The van der Waals surface area contributed by atoms with Crippen molar-refractivity contribution in [2.24, 2.45) is 0 Å². The minimum atomic E-state index is 0.106. The lowest BCUT2D eigenvalue weighted by molar-refractivity contribution is 0.657. The van der Waals surface area contributed by atoms with Gasteiger partial charge in [-0.15, -0.1) is 0 Å². The molecular weight excluding hydrogens is 284 g/mol. The van der Waals surface area contributed by atoms with Crippen LogP contribution in [-0.2, 0) is 12.8 Å². The molecule has 0 amide bonds. The summed E-state index contributed by atoms with van der Waals surface area (Å²) in [5, 5.41) is 1.46. The number of benzene rings is 2. The quantitative estimate of drug-likeness (QED) is 0.552. The Morgan fingerprint density at radius 3 is 2.43 bits per heavy atom. The van der Waals surface area contributed by atoms with Gasteiger partial charge in [0.15, 0.2) is 0 Å². The van der Waals surface area contributed by atoms with Crippen LogP contribution in [-0.4, -0.2) is 0 Å². The monoisotopic (exact) mass is 308 g/mol. The van der Waals surface area contributed by atoms with Gasteiger partial charge in [0.1, 0.15) is 11.2 Å². The molecule has 0 bridgehead atoms. The average Bonchev–Trinajstić information content (AvgIpc) is 2.57. The third kappa shape index (κ3) is 3.17. The van der Waals surface area contributed by atoms with Gasteiger partial charge in [-0.05, 0) is 55.0 Å². The third-order valence-electron chi connectivity index (χ3n) is 4.44. The topological polar surface area (TPSA) is 30.2 Å². The molecule has 2 nitrogen and oxygen atoms in total. The van der Waals surface area contributed by atoms with E-state index in [1.165, 1.54) is 12.0 Å². The van der Waals surface area contributed by atoms with E-state index in [1.807, 2.05) is 24.3 Å². The molecule has 3 aromatic rings. The number of aryl methyl sites for hydroxylation is 2. The summed E-state index contributed by atoms with van der Waals surface area (Å²) in [7, 11) is 0. The smallest absolute Gasteiger partial charge is 0.200 e. The summed E-state index contributed by atoms with van der Waals surface area (Å²) in [5.41, 5.74) is 3.96. The molecule has 1 heterocycles. The van der Waals surface area contributed by atoms with Gasteiger partial charge < -0.3 is 4.42 Å². The lowest BCUT2D eigenvalue weighted by atomic mass is 9.97. The second kappa shape index (κ2) is 6.99. The zero-order valence-electron chi connectivity index (χ0n) is 14.0. The van der Waals surface area contributed by atoms with Crippen molar-refractivity contribution in [3.8, 4) is 0 Å². The first-order valence-electron chi connectivity index (χ1n) is 8.72. The molecule has 0 saturated heterocycles. The van der Waals surface area contributed by atoms with Crippen LogP contribution < -0.4 is 5.43 Å². The molecule has 0 spiro atoms. The van der Waals surface area contributed by atoms with Gasteiger partial charge in [-0.3, -0.25) is 4.79 Å². The van der Waals surface area contributed by atoms with E-state index in [1.54, 1.807) is 0 Å². The van der Waals surface area contributed by atoms with Crippen LogP contribution in [0.15, 0.2) is 45.6 Å². The molecule has 0 fully saturated rings. The highest BCUT2D eigenvalue weighted by molar-refractivity contribution is 5.91. The molecule has 0 atom stereocenters. The van der Waals surface area contributed by atoms with E-state index in [9.17, 15) is 4.79 Å². The van der Waals surface area contributed by atoms with Crippen LogP contribution in [0.4, 0.5) is 0 Å². The highest BCUT2D eigenvalue weighted by atomic mass is 16.3. The Labute approximate surface area is 137 Å². The van der Waals surface area contributed by atoms with Crippen LogP contribution in [0, 0.1) is 0 Å². The fourth-order valence-corrected chi connectivity index (χ4v) is 3.16. The van der Waals surface area contributed by atoms with Crippen LogP contribution in [0.2, 0.25) is 0 Å². The molecule has 0 unspecified atom stereocenters. The van der Waals surface area contributed by atoms with E-state index in [2.05, 4.69) is 26.0 Å². The molecular formula is C21H24O2. The van der Waals surface area contributed by atoms with E-state index < -0.39 is 0 Å². The molecule has 0 radical (unpaired) electrons. The zero-order chi connectivity index (χ0) is 16.2. The SMILES string of the molecule is CCCCc1cc(CCCC)c2c(=O)c3ccccc3oc2c1. The predicted molar refractivity (Wildman–Crippen MR) is 97.2 cm³/mol. The minimum absolute atomic E-state index is 0.106. The summed E-state index contributed by atoms with van der Waals surface area (Å²) >= 11 is 0. The van der Waals surface area contributed by atoms with E-state index in [0.29, 0.717) is 11.0 Å². The Morgan fingerprint density at radius 1 is 0.913 bits per heavy atom. The van der Waals surface area contributed by atoms with Crippen LogP contribution in [0.25, 0.3) is 21.9 Å². The van der Waals surface area contributed by atoms with Crippen LogP contribution in [0.5, 0.6) is 0 Å². The predicted octanol–water partition coefficient (Wildman–Crippen LogP) is 5.63. The largest absolute Gasteiger partial charge is 0.456 e. The van der Waals surface area contributed by atoms with E-state index >= 15 is 0 Å². The van der Waals surface area contributed by atoms with Crippen molar-refractivity contribution in [1.29, 1.82) is 0 Å². The number of rotatable bonds is 6. The van der Waals surface area contributed by atoms with E-state index in [-0.39, 0.29) is 5.43 Å². The molecule has 0 aliphatic heterocycles. The normalized spacial score (nSPS) is 11.4. The Balaban J connectivity index is 2.25. The van der Waals surface area contributed by atoms with Crippen molar-refractivity contribution in [3.63, 3.8) is 0 Å². The standard InChI is InChI=1S/C21H24O2/c1-3-5-9-15-13-16(10-6-4-2)20-19(14-15)23-18-12-8-7-11-17(18)21(20)22/h7-8,11-14H,3-6,9-10H2,1-2H3. The Hall–Kier alpha value is -2.09. The first kappa shape index (κ1) is 15.8. The molecule has 0 saturated carbocycles. The highest BCUT2D eigenvalue weighted by Crippen LogP contribution is 2.25. The molecule has 0 aliphatic carbocycles. The summed E-state index contributed by atoms with van der Waals surface area (Å²) in [6, 6.07) is 11.8. The van der Waals surface area contributed by atoms with Crippen molar-refractivity contribution >= 4 is 21.9 Å². The Morgan fingerprint density at radius 2 is 1.65 bits per heavy atom. The van der Waals surface area contributed by atoms with Crippen molar-refractivity contribution < 1.29 is 4.42 Å². The van der Waals surface area contributed by atoms with Gasteiger partial charge in [0, 0.05) is 0 Å². The lowest BCUT2D eigenvalue weighted by Crippen LogP contribution is -2.06. The molecule has 2 aromatic carbocycles. The first-order chi connectivity index (χ1) is 11.2. The fraction of sp³-hybridized carbons (Fsp3) is 0.381. The fourth-order valence-electron chi connectivity index (χ4n) is 3.16. The third-order valence-corrected chi connectivity index (χ3v) is 4.44. The van der Waals surface area contributed by atoms with Crippen molar-refractivity contribution in [1.82, 2.24) is 0 Å². The molecule has 3 rings (SSSR count). The van der Waals surface area contributed by atoms with Crippen molar-refractivity contribution in [2.75, 3.05) is 0 Å². The lowest BCUT2D eigenvalue weighted by Gasteiger charge is -2.10. The van der Waals surface area contributed by atoms with Gasteiger partial charge in [-0.25, -0.2) is 0 Å². The van der Waals surface area contributed by atoms with Crippen LogP contribution in [0.3, 0.4) is 0 Å². The maximum atomic E-state index is 12.9. The number of para-hydroxylation sites is 1. The van der Waals surface area contributed by atoms with Gasteiger partial charge >= 0.3 is 0 Å². The van der Waals surface area contributed by atoms with E-state index in [4.69, 9.17) is 4.42 Å². The minimum Gasteiger partial charge on any atom is -0.456 e. The van der Waals surface area contributed by atoms with E-state index in [0.717, 1.165) is 48.6 Å². The first-order valence-corrected chi connectivity index (χ1v) is 8.72. The van der Waals surface area contributed by atoms with Gasteiger partial charge in [0.25, 0.3) is 0 Å². The van der Waals surface area contributed by atoms with Gasteiger partial charge in [-0.2, -0.15) is 0 Å². The Kier molecular flexibility index (Phi) is 4.80. The van der Waals surface area contributed by atoms with Gasteiger partial charge in [0.05, 0.1) is 10.8 Å². The van der Waals surface area contributed by atoms with Crippen LogP contribution >= 0.6 is 0 Å². The van der Waals surface area contributed by atoms with Crippen molar-refractivity contribution in [3.05, 3.63) is 57.7 Å². The molecule has 120 valence electrons. The number of unbranched alkanes of at least 4 members (excludes halogenated alkanes) is 2. The number of fused-ring (bicyclic) bond motifs is 2. The maximum absolute atomic E-state index is 12.9. The molecule has 2 heteroatoms. The van der Waals surface area contributed by atoms with Crippen LogP contribution in [0.1, 0.15) is 50.7 Å². The van der Waals surface area contributed by atoms with Gasteiger partial charge in [0.2, 0.25) is 5.43 Å². The summed E-state index contributed by atoms with van der Waals surface area (Å²) < 4.78 is 6.07. The summed E-state index contributed by atoms with van der Waals surface area (Å²) in [6.45, 7) is 4.38. The maximum Gasteiger partial charge on any atom is 0.200 e. The Bertz CT molecular complexity index is 874. The van der Waals surface area contributed by atoms with Crippen molar-refractivity contribution in [2.45, 2.75) is 52.4 Å². The number of hydrogen-bond acceptors (Lipinski definition) is 2. The molecule has 0 aliphatic rings. The molecule has 1 aromatic heterocycles.